The molecule has 0 bridgehead atoms. The van der Waals surface area contributed by atoms with E-state index >= 15 is 0 Å². The molecule has 0 saturated carbocycles. The number of aromatic carboxylic acids is 1. The van der Waals surface area contributed by atoms with Gasteiger partial charge in [-0.2, -0.15) is 0 Å². The summed E-state index contributed by atoms with van der Waals surface area (Å²) in [6.07, 6.45) is 0. The summed E-state index contributed by atoms with van der Waals surface area (Å²) in [6, 6.07) is 6.48. The summed E-state index contributed by atoms with van der Waals surface area (Å²) < 4.78 is 5.16. The summed E-state index contributed by atoms with van der Waals surface area (Å²) in [6.45, 7) is 3.08. The maximum Gasteiger partial charge on any atom is 2.00 e. The van der Waals surface area contributed by atoms with Crippen molar-refractivity contribution in [3.05, 3.63) is 35.4 Å². The zero-order chi connectivity index (χ0) is 9.68. The molecule has 79 valence electrons. The number of hydrogen-bond donors (Lipinski definition) is 0. The maximum absolute atomic E-state index is 10.4. The van der Waals surface area contributed by atoms with Crippen molar-refractivity contribution >= 4 is 5.97 Å². The van der Waals surface area contributed by atoms with Gasteiger partial charge in [0.15, 0.2) is 0 Å². The molecule has 0 aliphatic carbocycles. The van der Waals surface area contributed by atoms with Crippen LogP contribution in [0.3, 0.4) is 0 Å². The third-order valence-corrected chi connectivity index (χ3v) is 1.66. The van der Waals surface area contributed by atoms with E-state index in [0.717, 1.165) is 5.56 Å². The maximum atomic E-state index is 10.4. The molecule has 0 aliphatic heterocycles. The van der Waals surface area contributed by atoms with E-state index in [0.29, 0.717) is 13.2 Å². The molecule has 14 heavy (non-hydrogen) atoms. The van der Waals surface area contributed by atoms with Gasteiger partial charge in [0.2, 0.25) is 0 Å². The van der Waals surface area contributed by atoms with Crippen LogP contribution in [0.15, 0.2) is 24.3 Å². The topological polar surface area (TPSA) is 49.4 Å². The SMILES string of the molecule is CCOCc1ccc(C(=O)[O-])cc1.[Cu+2]. The first-order valence-corrected chi connectivity index (χ1v) is 4.12. The molecule has 1 radical (unpaired) electrons. The van der Waals surface area contributed by atoms with Crippen molar-refractivity contribution in [1.82, 2.24) is 0 Å². The summed E-state index contributed by atoms with van der Waals surface area (Å²) in [7, 11) is 0. The molecule has 0 aromatic heterocycles. The average molecular weight is 243 g/mol. The van der Waals surface area contributed by atoms with E-state index in [1.54, 1.807) is 12.1 Å². The van der Waals surface area contributed by atoms with Crippen molar-refractivity contribution in [3.8, 4) is 0 Å². The van der Waals surface area contributed by atoms with Crippen molar-refractivity contribution in [2.45, 2.75) is 13.5 Å². The van der Waals surface area contributed by atoms with Gasteiger partial charge in [0.25, 0.3) is 0 Å². The molecule has 3 nitrogen and oxygen atoms in total. The predicted molar refractivity (Wildman–Crippen MR) is 46.1 cm³/mol. The Balaban J connectivity index is 0.00000169. The van der Waals surface area contributed by atoms with Gasteiger partial charge >= 0.3 is 17.1 Å². The average Bonchev–Trinajstić information content (AvgIpc) is 2.15. The molecule has 0 N–H and O–H groups in total. The van der Waals surface area contributed by atoms with E-state index < -0.39 is 5.97 Å². The Bertz CT molecular complexity index is 282. The van der Waals surface area contributed by atoms with Crippen molar-refractivity contribution in [2.24, 2.45) is 0 Å². The largest absolute Gasteiger partial charge is 2.00 e. The van der Waals surface area contributed by atoms with E-state index in [-0.39, 0.29) is 22.6 Å². The van der Waals surface area contributed by atoms with E-state index in [4.69, 9.17) is 4.74 Å². The Hall–Kier alpha value is -0.831. The van der Waals surface area contributed by atoms with E-state index in [2.05, 4.69) is 0 Å². The monoisotopic (exact) mass is 242 g/mol. The molecule has 0 spiro atoms. The molecule has 0 amide bonds. The Morgan fingerprint density at radius 3 is 2.36 bits per heavy atom. The Morgan fingerprint density at radius 2 is 1.93 bits per heavy atom. The number of carbonyl (C=O) groups excluding carboxylic acids is 1. The van der Waals surface area contributed by atoms with Crippen LogP contribution in [0.5, 0.6) is 0 Å². The van der Waals surface area contributed by atoms with E-state index in [9.17, 15) is 9.90 Å². The molecule has 0 heterocycles. The van der Waals surface area contributed by atoms with Crippen molar-refractivity contribution in [2.75, 3.05) is 6.61 Å². The number of rotatable bonds is 4. The first-order valence-electron chi connectivity index (χ1n) is 4.12. The minimum atomic E-state index is -1.15. The molecule has 0 saturated heterocycles. The van der Waals surface area contributed by atoms with Crippen LogP contribution in [-0.4, -0.2) is 12.6 Å². The Morgan fingerprint density at radius 1 is 1.36 bits per heavy atom. The van der Waals surface area contributed by atoms with Crippen molar-refractivity contribution in [3.63, 3.8) is 0 Å². The molecular formula is C10H11CuO3+. The van der Waals surface area contributed by atoms with Crippen LogP contribution in [0.4, 0.5) is 0 Å². The molecule has 0 unspecified atom stereocenters. The summed E-state index contributed by atoms with van der Waals surface area (Å²) in [5.41, 5.74) is 1.16. The Kier molecular flexibility index (Phi) is 6.21. The molecule has 0 aliphatic rings. The number of benzene rings is 1. The molecule has 1 aromatic carbocycles. The third kappa shape index (κ3) is 3.92. The van der Waals surface area contributed by atoms with Gasteiger partial charge in [0.05, 0.1) is 12.6 Å². The van der Waals surface area contributed by atoms with Gasteiger partial charge < -0.3 is 14.6 Å². The van der Waals surface area contributed by atoms with Crippen molar-refractivity contribution in [1.29, 1.82) is 0 Å². The molecular weight excluding hydrogens is 232 g/mol. The summed E-state index contributed by atoms with van der Waals surface area (Å²) in [5.74, 6) is -1.15. The van der Waals surface area contributed by atoms with Crippen LogP contribution < -0.4 is 5.11 Å². The number of carboxylic acids is 1. The number of carboxylic acid groups (broad SMARTS) is 1. The molecule has 1 rings (SSSR count). The van der Waals surface area contributed by atoms with Gasteiger partial charge in [-0.1, -0.05) is 24.3 Å². The minimum Gasteiger partial charge on any atom is -0.545 e. The second-order valence-corrected chi connectivity index (χ2v) is 2.62. The van der Waals surface area contributed by atoms with Crippen LogP contribution in [0.2, 0.25) is 0 Å². The summed E-state index contributed by atoms with van der Waals surface area (Å²) >= 11 is 0. The third-order valence-electron chi connectivity index (χ3n) is 1.66. The summed E-state index contributed by atoms with van der Waals surface area (Å²) in [5, 5.41) is 10.4. The predicted octanol–water partition coefficient (Wildman–Crippen LogP) is 0.584. The van der Waals surface area contributed by atoms with Gasteiger partial charge in [0, 0.05) is 6.61 Å². The number of carbonyl (C=O) groups is 1. The van der Waals surface area contributed by atoms with Gasteiger partial charge in [-0.3, -0.25) is 0 Å². The fourth-order valence-electron chi connectivity index (χ4n) is 0.957. The van der Waals surface area contributed by atoms with Crippen LogP contribution in [0.1, 0.15) is 22.8 Å². The van der Waals surface area contributed by atoms with Crippen LogP contribution >= 0.6 is 0 Å². The fraction of sp³-hybridized carbons (Fsp3) is 0.300. The molecule has 1 aromatic rings. The Labute approximate surface area is 93.6 Å². The van der Waals surface area contributed by atoms with Gasteiger partial charge in [-0.15, -0.1) is 0 Å². The minimum absolute atomic E-state index is 0. The van der Waals surface area contributed by atoms with Crippen LogP contribution in [-0.2, 0) is 28.4 Å². The quantitative estimate of drug-likeness (QED) is 0.726. The van der Waals surface area contributed by atoms with Crippen LogP contribution in [0.25, 0.3) is 0 Å². The van der Waals surface area contributed by atoms with E-state index in [1.165, 1.54) is 12.1 Å². The second-order valence-electron chi connectivity index (χ2n) is 2.62. The zero-order valence-electron chi connectivity index (χ0n) is 7.75. The molecule has 4 heteroatoms. The zero-order valence-corrected chi connectivity index (χ0v) is 8.69. The second kappa shape index (κ2) is 6.60. The molecule has 0 fully saturated rings. The fourth-order valence-corrected chi connectivity index (χ4v) is 0.957. The van der Waals surface area contributed by atoms with Gasteiger partial charge in [-0.05, 0) is 18.1 Å². The smallest absolute Gasteiger partial charge is 0.545 e. The normalized spacial score (nSPS) is 9.21. The first-order chi connectivity index (χ1) is 6.24. The number of ether oxygens (including phenoxy) is 1. The van der Waals surface area contributed by atoms with E-state index in [1.807, 2.05) is 6.92 Å². The first kappa shape index (κ1) is 13.2. The van der Waals surface area contributed by atoms with Gasteiger partial charge in [0.1, 0.15) is 0 Å². The summed E-state index contributed by atoms with van der Waals surface area (Å²) in [4.78, 5) is 10.4. The van der Waals surface area contributed by atoms with Crippen molar-refractivity contribution < 1.29 is 31.7 Å². The number of hydrogen-bond acceptors (Lipinski definition) is 3. The van der Waals surface area contributed by atoms with Gasteiger partial charge in [-0.25, -0.2) is 0 Å². The molecule has 0 atom stereocenters. The van der Waals surface area contributed by atoms with Crippen LogP contribution in [0, 0.1) is 0 Å². The standard InChI is InChI=1S/C10H12O3.Cu/c1-2-13-7-8-3-5-9(6-4-8)10(11)12;/h3-6H,2,7H2,1H3,(H,11,12);/q;+2/p-1.